The lowest BCUT2D eigenvalue weighted by molar-refractivity contribution is -0.120. The summed E-state index contributed by atoms with van der Waals surface area (Å²) in [5.41, 5.74) is 4.39. The van der Waals surface area contributed by atoms with Crippen LogP contribution in [0.2, 0.25) is 0 Å². The highest BCUT2D eigenvalue weighted by molar-refractivity contribution is 5.95. The molecule has 3 rings (SSSR count). The van der Waals surface area contributed by atoms with Crippen molar-refractivity contribution in [1.82, 2.24) is 4.90 Å². The van der Waals surface area contributed by atoms with E-state index in [1.807, 2.05) is 38.1 Å². The van der Waals surface area contributed by atoms with E-state index in [4.69, 9.17) is 4.74 Å². The standard InChI is InChI=1S/C22H29N3O2/c1-16-5-10-21(17(2)15-16)23-22(26)18(3)24-11-13-25(14-12-24)19-6-8-20(27-4)9-7-19/h5-10,15,18H,11-14H2,1-4H3,(H,23,26)/t18-/m0/s1. The van der Waals surface area contributed by atoms with Gasteiger partial charge in [-0.05, 0) is 56.7 Å². The molecule has 0 unspecified atom stereocenters. The Kier molecular flexibility index (Phi) is 6.01. The molecule has 1 N–H and O–H groups in total. The van der Waals surface area contributed by atoms with Crippen molar-refractivity contribution < 1.29 is 9.53 Å². The van der Waals surface area contributed by atoms with Crippen molar-refractivity contribution >= 4 is 17.3 Å². The molecule has 1 amide bonds. The average molecular weight is 367 g/mol. The van der Waals surface area contributed by atoms with Crippen molar-refractivity contribution in [3.05, 3.63) is 53.6 Å². The first-order valence-corrected chi connectivity index (χ1v) is 9.49. The summed E-state index contributed by atoms with van der Waals surface area (Å²) in [7, 11) is 1.68. The molecule has 0 aliphatic carbocycles. The number of rotatable bonds is 5. The van der Waals surface area contributed by atoms with E-state index >= 15 is 0 Å². The van der Waals surface area contributed by atoms with Crippen LogP contribution in [0.5, 0.6) is 5.75 Å². The minimum atomic E-state index is -0.149. The van der Waals surface area contributed by atoms with Crippen LogP contribution in [0.1, 0.15) is 18.1 Å². The van der Waals surface area contributed by atoms with E-state index in [-0.39, 0.29) is 11.9 Å². The number of aryl methyl sites for hydroxylation is 2. The molecule has 0 spiro atoms. The first-order chi connectivity index (χ1) is 13.0. The highest BCUT2D eigenvalue weighted by atomic mass is 16.5. The van der Waals surface area contributed by atoms with Gasteiger partial charge in [-0.3, -0.25) is 9.69 Å². The molecule has 1 atom stereocenters. The number of benzene rings is 2. The van der Waals surface area contributed by atoms with Crippen molar-refractivity contribution in [2.45, 2.75) is 26.8 Å². The lowest BCUT2D eigenvalue weighted by atomic mass is 10.1. The Labute approximate surface area is 161 Å². The monoisotopic (exact) mass is 367 g/mol. The fourth-order valence-electron chi connectivity index (χ4n) is 3.52. The highest BCUT2D eigenvalue weighted by Gasteiger charge is 2.26. The molecule has 144 valence electrons. The van der Waals surface area contributed by atoms with Crippen molar-refractivity contribution in [3.63, 3.8) is 0 Å². The maximum atomic E-state index is 12.7. The van der Waals surface area contributed by atoms with Gasteiger partial charge in [-0.15, -0.1) is 0 Å². The molecule has 0 saturated carbocycles. The smallest absolute Gasteiger partial charge is 0.241 e. The fraction of sp³-hybridized carbons (Fsp3) is 0.409. The Bertz CT molecular complexity index is 781. The molecule has 0 bridgehead atoms. The minimum Gasteiger partial charge on any atom is -0.497 e. The third kappa shape index (κ3) is 4.61. The summed E-state index contributed by atoms with van der Waals surface area (Å²) in [5, 5.41) is 3.08. The Morgan fingerprint density at radius 1 is 1.04 bits per heavy atom. The summed E-state index contributed by atoms with van der Waals surface area (Å²) in [5.74, 6) is 0.925. The lowest BCUT2D eigenvalue weighted by Crippen LogP contribution is -2.52. The molecule has 1 aliphatic heterocycles. The number of hydrogen-bond acceptors (Lipinski definition) is 4. The van der Waals surface area contributed by atoms with Gasteiger partial charge in [0.25, 0.3) is 0 Å². The molecule has 1 saturated heterocycles. The SMILES string of the molecule is COc1ccc(N2CCN([C@@H](C)C(=O)Nc3ccc(C)cc3C)CC2)cc1. The molecule has 27 heavy (non-hydrogen) atoms. The molecule has 0 aromatic heterocycles. The Morgan fingerprint density at radius 3 is 2.30 bits per heavy atom. The number of hydrogen-bond donors (Lipinski definition) is 1. The number of methoxy groups -OCH3 is 1. The normalized spacial score (nSPS) is 16.1. The first kappa shape index (κ1) is 19.2. The number of piperazine rings is 1. The number of ether oxygens (including phenoxy) is 1. The predicted molar refractivity (Wildman–Crippen MR) is 111 cm³/mol. The fourth-order valence-corrected chi connectivity index (χ4v) is 3.52. The second-order valence-electron chi connectivity index (χ2n) is 7.20. The van der Waals surface area contributed by atoms with Crippen LogP contribution in [0, 0.1) is 13.8 Å². The first-order valence-electron chi connectivity index (χ1n) is 9.49. The number of carbonyl (C=O) groups excluding carboxylic acids is 1. The molecule has 2 aromatic rings. The number of carbonyl (C=O) groups is 1. The van der Waals surface area contributed by atoms with Crippen LogP contribution in [0.25, 0.3) is 0 Å². The van der Waals surface area contributed by atoms with Gasteiger partial charge in [0.15, 0.2) is 0 Å². The third-order valence-electron chi connectivity index (χ3n) is 5.32. The van der Waals surface area contributed by atoms with Gasteiger partial charge in [-0.2, -0.15) is 0 Å². The summed E-state index contributed by atoms with van der Waals surface area (Å²) < 4.78 is 5.22. The topological polar surface area (TPSA) is 44.8 Å². The van der Waals surface area contributed by atoms with E-state index in [1.54, 1.807) is 7.11 Å². The number of nitrogens with zero attached hydrogens (tertiary/aromatic N) is 2. The Hall–Kier alpha value is -2.53. The van der Waals surface area contributed by atoms with Gasteiger partial charge in [-0.25, -0.2) is 0 Å². The average Bonchev–Trinajstić information content (AvgIpc) is 2.69. The zero-order valence-electron chi connectivity index (χ0n) is 16.7. The molecular weight excluding hydrogens is 338 g/mol. The summed E-state index contributed by atoms with van der Waals surface area (Å²) >= 11 is 0. The number of anilines is 2. The second kappa shape index (κ2) is 8.44. The van der Waals surface area contributed by atoms with Crippen LogP contribution in [0.15, 0.2) is 42.5 Å². The van der Waals surface area contributed by atoms with Crippen LogP contribution in [-0.2, 0) is 4.79 Å². The van der Waals surface area contributed by atoms with E-state index in [2.05, 4.69) is 40.2 Å². The Balaban J connectivity index is 1.55. The molecule has 1 aliphatic rings. The summed E-state index contributed by atoms with van der Waals surface area (Å²) in [6.45, 7) is 9.63. The minimum absolute atomic E-state index is 0.0554. The van der Waals surface area contributed by atoms with Crippen molar-refractivity contribution in [1.29, 1.82) is 0 Å². The van der Waals surface area contributed by atoms with Crippen molar-refractivity contribution in [2.24, 2.45) is 0 Å². The van der Waals surface area contributed by atoms with Gasteiger partial charge in [0, 0.05) is 37.6 Å². The summed E-state index contributed by atoms with van der Waals surface area (Å²) in [6.07, 6.45) is 0. The third-order valence-corrected chi connectivity index (χ3v) is 5.32. The summed E-state index contributed by atoms with van der Waals surface area (Å²) in [4.78, 5) is 17.3. The highest BCUT2D eigenvalue weighted by Crippen LogP contribution is 2.22. The van der Waals surface area contributed by atoms with Crippen LogP contribution in [0.4, 0.5) is 11.4 Å². The van der Waals surface area contributed by atoms with Crippen molar-refractivity contribution in [3.8, 4) is 5.75 Å². The number of nitrogens with one attached hydrogen (secondary N) is 1. The molecular formula is C22H29N3O2. The molecule has 5 nitrogen and oxygen atoms in total. The van der Waals surface area contributed by atoms with Crippen molar-refractivity contribution in [2.75, 3.05) is 43.5 Å². The lowest BCUT2D eigenvalue weighted by Gasteiger charge is -2.38. The van der Waals surface area contributed by atoms with E-state index < -0.39 is 0 Å². The maximum absolute atomic E-state index is 12.7. The quantitative estimate of drug-likeness (QED) is 0.879. The van der Waals surface area contributed by atoms with Gasteiger partial charge in [-0.1, -0.05) is 17.7 Å². The second-order valence-corrected chi connectivity index (χ2v) is 7.20. The zero-order chi connectivity index (χ0) is 19.4. The molecule has 0 radical (unpaired) electrons. The molecule has 5 heteroatoms. The van der Waals surface area contributed by atoms with Crippen LogP contribution in [-0.4, -0.2) is 50.1 Å². The van der Waals surface area contributed by atoms with Crippen LogP contribution in [0.3, 0.4) is 0 Å². The number of amides is 1. The van der Waals surface area contributed by atoms with Gasteiger partial charge < -0.3 is 15.0 Å². The van der Waals surface area contributed by atoms with Gasteiger partial charge in [0.2, 0.25) is 5.91 Å². The summed E-state index contributed by atoms with van der Waals surface area (Å²) in [6, 6.07) is 14.1. The van der Waals surface area contributed by atoms with E-state index in [0.29, 0.717) is 0 Å². The molecule has 1 heterocycles. The zero-order valence-corrected chi connectivity index (χ0v) is 16.7. The largest absolute Gasteiger partial charge is 0.497 e. The molecule has 1 fully saturated rings. The van der Waals surface area contributed by atoms with E-state index in [0.717, 1.165) is 43.2 Å². The van der Waals surface area contributed by atoms with E-state index in [1.165, 1.54) is 11.3 Å². The van der Waals surface area contributed by atoms with Gasteiger partial charge in [0.1, 0.15) is 5.75 Å². The van der Waals surface area contributed by atoms with Crippen LogP contribution >= 0.6 is 0 Å². The Morgan fingerprint density at radius 2 is 1.70 bits per heavy atom. The predicted octanol–water partition coefficient (Wildman–Crippen LogP) is 3.46. The van der Waals surface area contributed by atoms with Gasteiger partial charge >= 0.3 is 0 Å². The van der Waals surface area contributed by atoms with Crippen LogP contribution < -0.4 is 15.0 Å². The molecule has 2 aromatic carbocycles. The van der Waals surface area contributed by atoms with Gasteiger partial charge in [0.05, 0.1) is 13.2 Å². The van der Waals surface area contributed by atoms with E-state index in [9.17, 15) is 4.79 Å². The maximum Gasteiger partial charge on any atom is 0.241 e.